The first kappa shape index (κ1) is 15.4. The molecule has 1 aromatic heterocycles. The fourth-order valence-corrected chi connectivity index (χ4v) is 4.10. The Kier molecular flexibility index (Phi) is 4.45. The molecule has 0 saturated carbocycles. The highest BCUT2D eigenvalue weighted by molar-refractivity contribution is 7.99. The molecule has 0 bridgehead atoms. The number of nitrogens with one attached hydrogen (secondary N) is 1. The molecule has 0 atom stereocenters. The maximum Gasteiger partial charge on any atom is 0.145 e. The van der Waals surface area contributed by atoms with Crippen LogP contribution in [0.4, 0.5) is 5.69 Å². The smallest absolute Gasteiger partial charge is 0.145 e. The van der Waals surface area contributed by atoms with Crippen LogP contribution in [0.3, 0.4) is 0 Å². The number of hydrogen-bond acceptors (Lipinski definition) is 5. The van der Waals surface area contributed by atoms with Gasteiger partial charge >= 0.3 is 0 Å². The highest BCUT2D eigenvalue weighted by atomic mass is 32.2. The normalized spacial score (nSPS) is 17.4. The monoisotopic (exact) mass is 318 g/mol. The Hall–Kier alpha value is -1.46. The average Bonchev–Trinajstić information content (AvgIpc) is 2.53. The summed E-state index contributed by atoms with van der Waals surface area (Å²) in [6.07, 6.45) is 1.69. The minimum atomic E-state index is -0.604. The Morgan fingerprint density at radius 2 is 2.14 bits per heavy atom. The molecular formula is C17H22N2O2S. The predicted octanol–water partition coefficient (Wildman–Crippen LogP) is 3.22. The number of ether oxygens (including phenoxy) is 1. The minimum Gasteiger partial charge on any atom is -0.494 e. The Bertz CT molecular complexity index is 669. The van der Waals surface area contributed by atoms with E-state index in [4.69, 9.17) is 4.74 Å². The van der Waals surface area contributed by atoms with Crippen molar-refractivity contribution >= 4 is 28.4 Å². The summed E-state index contributed by atoms with van der Waals surface area (Å²) in [5.41, 5.74) is 2.20. The van der Waals surface area contributed by atoms with Crippen molar-refractivity contribution in [3.05, 3.63) is 30.0 Å². The van der Waals surface area contributed by atoms with Gasteiger partial charge in [0.05, 0.1) is 12.7 Å². The van der Waals surface area contributed by atoms with Crippen LogP contribution in [0.25, 0.3) is 10.9 Å². The Labute approximate surface area is 135 Å². The molecule has 118 valence electrons. The van der Waals surface area contributed by atoms with Gasteiger partial charge in [-0.2, -0.15) is 11.8 Å². The third-order valence-corrected chi connectivity index (χ3v) is 5.17. The van der Waals surface area contributed by atoms with Gasteiger partial charge in [-0.15, -0.1) is 0 Å². The van der Waals surface area contributed by atoms with E-state index in [9.17, 15) is 5.11 Å². The first-order chi connectivity index (χ1) is 10.6. The number of aliphatic hydroxyl groups is 1. The molecule has 2 aromatic rings. The molecule has 3 rings (SSSR count). The molecule has 0 amide bonds. The highest BCUT2D eigenvalue weighted by Crippen LogP contribution is 2.32. The summed E-state index contributed by atoms with van der Waals surface area (Å²) in [5, 5.41) is 15.1. The molecule has 1 aliphatic heterocycles. The van der Waals surface area contributed by atoms with E-state index in [0.29, 0.717) is 6.54 Å². The molecule has 0 unspecified atom stereocenters. The van der Waals surface area contributed by atoms with Crippen molar-refractivity contribution in [3.63, 3.8) is 0 Å². The van der Waals surface area contributed by atoms with Crippen molar-refractivity contribution in [3.8, 4) is 5.75 Å². The van der Waals surface area contributed by atoms with Crippen molar-refractivity contribution in [2.24, 2.45) is 0 Å². The second-order valence-electron chi connectivity index (χ2n) is 5.86. The van der Waals surface area contributed by atoms with Crippen molar-refractivity contribution < 1.29 is 9.84 Å². The van der Waals surface area contributed by atoms with Gasteiger partial charge in [-0.25, -0.2) is 4.98 Å². The molecule has 2 heterocycles. The molecule has 0 radical (unpaired) electrons. The van der Waals surface area contributed by atoms with Crippen molar-refractivity contribution in [1.29, 1.82) is 0 Å². The third-order valence-electron chi connectivity index (χ3n) is 4.18. The Morgan fingerprint density at radius 3 is 2.86 bits per heavy atom. The van der Waals surface area contributed by atoms with Gasteiger partial charge in [-0.1, -0.05) is 12.1 Å². The topological polar surface area (TPSA) is 54.4 Å². The van der Waals surface area contributed by atoms with E-state index in [2.05, 4.69) is 10.3 Å². The van der Waals surface area contributed by atoms with Crippen molar-refractivity contribution in [2.75, 3.05) is 30.5 Å². The standard InChI is InChI=1S/C17H22N2O2S/c1-12-10-14(18-11-17(20)6-8-22-9-7-17)13-4-3-5-15(21-2)16(13)19-12/h3-5,10,20H,6-9,11H2,1-2H3,(H,18,19). The van der Waals surface area contributed by atoms with Gasteiger partial charge in [0.25, 0.3) is 0 Å². The van der Waals surface area contributed by atoms with E-state index in [0.717, 1.165) is 52.4 Å². The lowest BCUT2D eigenvalue weighted by Crippen LogP contribution is -2.40. The first-order valence-electron chi connectivity index (χ1n) is 7.60. The molecule has 1 saturated heterocycles. The zero-order valence-corrected chi connectivity index (χ0v) is 13.9. The lowest BCUT2D eigenvalue weighted by Gasteiger charge is -2.32. The molecule has 1 fully saturated rings. The van der Waals surface area contributed by atoms with Crippen LogP contribution in [-0.4, -0.2) is 40.9 Å². The van der Waals surface area contributed by atoms with Gasteiger partial charge in [0.1, 0.15) is 11.3 Å². The maximum atomic E-state index is 10.7. The zero-order chi connectivity index (χ0) is 15.6. The zero-order valence-electron chi connectivity index (χ0n) is 13.1. The molecule has 0 aliphatic carbocycles. The van der Waals surface area contributed by atoms with Gasteiger partial charge in [0.2, 0.25) is 0 Å². The molecular weight excluding hydrogens is 296 g/mol. The number of pyridine rings is 1. The number of anilines is 1. The average molecular weight is 318 g/mol. The van der Waals surface area contributed by atoms with Crippen LogP contribution in [0.5, 0.6) is 5.75 Å². The highest BCUT2D eigenvalue weighted by Gasteiger charge is 2.29. The van der Waals surface area contributed by atoms with Crippen LogP contribution >= 0.6 is 11.8 Å². The molecule has 22 heavy (non-hydrogen) atoms. The number of thioether (sulfide) groups is 1. The van der Waals surface area contributed by atoms with Crippen molar-refractivity contribution in [2.45, 2.75) is 25.4 Å². The van der Waals surface area contributed by atoms with Gasteiger partial charge < -0.3 is 15.2 Å². The summed E-state index contributed by atoms with van der Waals surface area (Å²) >= 11 is 1.91. The summed E-state index contributed by atoms with van der Waals surface area (Å²) in [4.78, 5) is 4.59. The van der Waals surface area contributed by atoms with Gasteiger partial charge in [-0.05, 0) is 43.4 Å². The van der Waals surface area contributed by atoms with Crippen LogP contribution in [0.2, 0.25) is 0 Å². The number of methoxy groups -OCH3 is 1. The fourth-order valence-electron chi connectivity index (χ4n) is 2.85. The molecule has 4 nitrogen and oxygen atoms in total. The van der Waals surface area contributed by atoms with Gasteiger partial charge in [0, 0.05) is 23.3 Å². The number of benzene rings is 1. The number of para-hydroxylation sites is 1. The van der Waals surface area contributed by atoms with E-state index in [1.165, 1.54) is 0 Å². The summed E-state index contributed by atoms with van der Waals surface area (Å²) in [6, 6.07) is 7.95. The number of fused-ring (bicyclic) bond motifs is 1. The van der Waals surface area contributed by atoms with E-state index in [1.807, 2.05) is 43.0 Å². The second-order valence-corrected chi connectivity index (χ2v) is 7.08. The number of hydrogen-bond donors (Lipinski definition) is 2. The van der Waals surface area contributed by atoms with Crippen LogP contribution in [0, 0.1) is 6.92 Å². The van der Waals surface area contributed by atoms with Crippen LogP contribution in [0.15, 0.2) is 24.3 Å². The van der Waals surface area contributed by atoms with E-state index in [1.54, 1.807) is 7.11 Å². The fraction of sp³-hybridized carbons (Fsp3) is 0.471. The lowest BCUT2D eigenvalue weighted by molar-refractivity contribution is 0.0454. The van der Waals surface area contributed by atoms with Gasteiger partial charge in [-0.3, -0.25) is 0 Å². The van der Waals surface area contributed by atoms with Crippen LogP contribution < -0.4 is 10.1 Å². The van der Waals surface area contributed by atoms with E-state index in [-0.39, 0.29) is 0 Å². The minimum absolute atomic E-state index is 0.573. The number of aromatic nitrogens is 1. The lowest BCUT2D eigenvalue weighted by atomic mass is 9.96. The number of rotatable bonds is 4. The first-order valence-corrected chi connectivity index (χ1v) is 8.75. The molecule has 5 heteroatoms. The van der Waals surface area contributed by atoms with Crippen molar-refractivity contribution in [1.82, 2.24) is 4.98 Å². The summed E-state index contributed by atoms with van der Waals surface area (Å²) < 4.78 is 5.41. The molecule has 1 aliphatic rings. The SMILES string of the molecule is COc1cccc2c(NCC3(O)CCSCC3)cc(C)nc12. The summed E-state index contributed by atoms with van der Waals surface area (Å²) in [5.74, 6) is 2.83. The molecule has 2 N–H and O–H groups in total. The molecule has 0 spiro atoms. The third kappa shape index (κ3) is 3.15. The number of nitrogens with zero attached hydrogens (tertiary/aromatic N) is 1. The Morgan fingerprint density at radius 1 is 1.36 bits per heavy atom. The second kappa shape index (κ2) is 6.34. The van der Waals surface area contributed by atoms with Crippen LogP contribution in [0.1, 0.15) is 18.5 Å². The molecule has 1 aromatic carbocycles. The summed E-state index contributed by atoms with van der Waals surface area (Å²) in [7, 11) is 1.66. The Balaban J connectivity index is 1.90. The predicted molar refractivity (Wildman–Crippen MR) is 93.0 cm³/mol. The maximum absolute atomic E-state index is 10.7. The summed E-state index contributed by atoms with van der Waals surface area (Å²) in [6.45, 7) is 2.55. The number of aryl methyl sites for hydroxylation is 1. The van der Waals surface area contributed by atoms with Crippen LogP contribution in [-0.2, 0) is 0 Å². The van der Waals surface area contributed by atoms with Gasteiger partial charge in [0.15, 0.2) is 0 Å². The quantitative estimate of drug-likeness (QED) is 0.906. The largest absolute Gasteiger partial charge is 0.494 e. The van der Waals surface area contributed by atoms with E-state index >= 15 is 0 Å². The van der Waals surface area contributed by atoms with E-state index < -0.39 is 5.60 Å².